The van der Waals surface area contributed by atoms with Gasteiger partial charge in [-0.1, -0.05) is 0 Å². The summed E-state index contributed by atoms with van der Waals surface area (Å²) in [5.41, 5.74) is 0.479. The van der Waals surface area contributed by atoms with E-state index in [0.29, 0.717) is 5.69 Å². The van der Waals surface area contributed by atoms with E-state index in [4.69, 9.17) is 4.52 Å². The summed E-state index contributed by atoms with van der Waals surface area (Å²) >= 11 is 0. The van der Waals surface area contributed by atoms with Crippen molar-refractivity contribution in [2.75, 3.05) is 0 Å². The Bertz CT molecular complexity index is 389. The van der Waals surface area contributed by atoms with Crippen molar-refractivity contribution < 1.29 is 19.4 Å². The molecule has 1 aromatic rings. The first-order valence-electron chi connectivity index (χ1n) is 4.91. The van der Waals surface area contributed by atoms with Gasteiger partial charge in [-0.2, -0.15) is 0 Å². The molecule has 1 unspecified atom stereocenters. The van der Waals surface area contributed by atoms with E-state index in [0.717, 1.165) is 12.8 Å². The minimum atomic E-state index is -0.741. The van der Waals surface area contributed by atoms with Gasteiger partial charge in [-0.05, 0) is 24.4 Å². The Morgan fingerprint density at radius 2 is 2.40 bits per heavy atom. The van der Waals surface area contributed by atoms with E-state index in [1.54, 1.807) is 11.6 Å². The number of aliphatic imine (C=N–C) groups is 1. The molecule has 1 saturated carbocycles. The second-order valence-electron chi connectivity index (χ2n) is 3.75. The fraction of sp³-hybridized carbons (Fsp3) is 0.667. The van der Waals surface area contributed by atoms with Crippen molar-refractivity contribution in [2.45, 2.75) is 38.8 Å². The van der Waals surface area contributed by atoms with Gasteiger partial charge in [-0.3, -0.25) is 4.52 Å². The molecule has 0 aliphatic heterocycles. The summed E-state index contributed by atoms with van der Waals surface area (Å²) in [7, 11) is 0. The van der Waals surface area contributed by atoms with Crippen molar-refractivity contribution in [1.29, 1.82) is 0 Å². The number of aliphatic hydroxyl groups is 1. The highest BCUT2D eigenvalue weighted by molar-refractivity contribution is 5.71. The number of aliphatic hydroxyl groups excluding tert-OH is 1. The second-order valence-corrected chi connectivity index (χ2v) is 3.75. The Balaban J connectivity index is 2.41. The van der Waals surface area contributed by atoms with Crippen molar-refractivity contribution in [3.63, 3.8) is 0 Å². The molecule has 82 valence electrons. The number of aromatic nitrogens is 2. The predicted molar refractivity (Wildman–Crippen MR) is 48.4 cm³/mol. The van der Waals surface area contributed by atoms with Crippen LogP contribution in [0, 0.1) is 0 Å². The molecular formula is C9H13N3O3. The summed E-state index contributed by atoms with van der Waals surface area (Å²) in [6.07, 6.45) is 1.31. The van der Waals surface area contributed by atoms with Crippen LogP contribution in [0.2, 0.25) is 0 Å². The van der Waals surface area contributed by atoms with E-state index in [1.807, 2.05) is 0 Å². The summed E-state index contributed by atoms with van der Waals surface area (Å²) in [6, 6.07) is 0.286. The smallest absolute Gasteiger partial charge is 0.326 e. The number of nitrogens with zero attached hydrogens (tertiary/aromatic N) is 3. The zero-order valence-electron chi connectivity index (χ0n) is 8.67. The van der Waals surface area contributed by atoms with E-state index >= 15 is 0 Å². The van der Waals surface area contributed by atoms with Crippen LogP contribution in [-0.2, 0) is 0 Å². The van der Waals surface area contributed by atoms with Gasteiger partial charge in [0, 0.05) is 12.8 Å². The Morgan fingerprint density at radius 3 is 2.87 bits per heavy atom. The first kappa shape index (κ1) is 10.1. The topological polar surface area (TPSA) is 85.6 Å². The third-order valence-corrected chi connectivity index (χ3v) is 2.23. The van der Waals surface area contributed by atoms with Crippen molar-refractivity contribution >= 4 is 11.8 Å². The summed E-state index contributed by atoms with van der Waals surface area (Å²) in [6.45, 7) is 2.93. The van der Waals surface area contributed by atoms with Crippen LogP contribution in [0.4, 0.5) is 5.88 Å². The molecule has 0 bridgehead atoms. The van der Waals surface area contributed by atoms with Crippen LogP contribution >= 0.6 is 0 Å². The first-order chi connectivity index (χ1) is 7.09. The lowest BCUT2D eigenvalue weighted by Gasteiger charge is -2.00. The molecular weight excluding hydrogens is 198 g/mol. The average Bonchev–Trinajstić information content (AvgIpc) is 2.87. The minimum Gasteiger partial charge on any atom is -0.862 e. The lowest BCUT2D eigenvalue weighted by molar-refractivity contribution is -0.773. The standard InChI is InChI=1S/C9H13N3O3/c1-5(13)8-9(10-6(2)14)15-11-12(8)7-3-4-7/h5,7,13H,3-4H2,1-2H3. The minimum absolute atomic E-state index is 0.115. The van der Waals surface area contributed by atoms with E-state index in [2.05, 4.69) is 10.3 Å². The number of hydrogen-bond donors (Lipinski definition) is 1. The van der Waals surface area contributed by atoms with Gasteiger partial charge in [0.25, 0.3) is 0 Å². The van der Waals surface area contributed by atoms with Gasteiger partial charge in [0.15, 0.2) is 6.04 Å². The largest absolute Gasteiger partial charge is 0.862 e. The van der Waals surface area contributed by atoms with Crippen molar-refractivity contribution in [3.05, 3.63) is 5.69 Å². The van der Waals surface area contributed by atoms with Crippen LogP contribution < -0.4 is 9.79 Å². The molecule has 2 rings (SSSR count). The molecule has 6 heteroatoms. The number of rotatable bonds is 3. The summed E-state index contributed by atoms with van der Waals surface area (Å²) in [5.74, 6) is -0.250. The molecule has 1 atom stereocenters. The molecule has 15 heavy (non-hydrogen) atoms. The van der Waals surface area contributed by atoms with Gasteiger partial charge in [0.05, 0.1) is 0 Å². The van der Waals surface area contributed by atoms with Gasteiger partial charge >= 0.3 is 11.6 Å². The van der Waals surface area contributed by atoms with E-state index in [1.165, 1.54) is 6.92 Å². The molecule has 6 nitrogen and oxygen atoms in total. The van der Waals surface area contributed by atoms with Crippen LogP contribution in [0.1, 0.15) is 44.5 Å². The van der Waals surface area contributed by atoms with Crippen LogP contribution in [0.15, 0.2) is 9.52 Å². The fourth-order valence-corrected chi connectivity index (χ4v) is 1.44. The molecule has 1 aliphatic carbocycles. The van der Waals surface area contributed by atoms with Gasteiger partial charge in [0.1, 0.15) is 6.10 Å². The van der Waals surface area contributed by atoms with Gasteiger partial charge in [-0.15, -0.1) is 0 Å². The van der Waals surface area contributed by atoms with Gasteiger partial charge in [0.2, 0.25) is 5.27 Å². The lowest BCUT2D eigenvalue weighted by atomic mass is 10.3. The van der Waals surface area contributed by atoms with E-state index in [-0.39, 0.29) is 17.8 Å². The molecule has 0 radical (unpaired) electrons. The zero-order chi connectivity index (χ0) is 11.0. The van der Waals surface area contributed by atoms with Crippen molar-refractivity contribution in [1.82, 2.24) is 5.27 Å². The zero-order valence-corrected chi connectivity index (χ0v) is 8.67. The lowest BCUT2D eigenvalue weighted by Crippen LogP contribution is -2.38. The third kappa shape index (κ3) is 1.99. The monoisotopic (exact) mass is 211 g/mol. The average molecular weight is 211 g/mol. The summed E-state index contributed by atoms with van der Waals surface area (Å²) in [4.78, 5) is 3.66. The molecule has 0 spiro atoms. The molecule has 1 fully saturated rings. The fourth-order valence-electron chi connectivity index (χ4n) is 1.44. The Hall–Kier alpha value is -1.43. The summed E-state index contributed by atoms with van der Waals surface area (Å²) < 4.78 is 6.55. The van der Waals surface area contributed by atoms with Crippen molar-refractivity contribution in [3.8, 4) is 0 Å². The van der Waals surface area contributed by atoms with Gasteiger partial charge < -0.3 is 10.2 Å². The SMILES string of the molecule is C/C([O-])=N/c1on[n+](C2CC2)c1C(C)O. The maximum Gasteiger partial charge on any atom is 0.326 e. The molecule has 1 heterocycles. The highest BCUT2D eigenvalue weighted by atomic mass is 16.5. The van der Waals surface area contributed by atoms with E-state index < -0.39 is 6.10 Å². The highest BCUT2D eigenvalue weighted by Gasteiger charge is 2.41. The highest BCUT2D eigenvalue weighted by Crippen LogP contribution is 2.32. The summed E-state index contributed by atoms with van der Waals surface area (Å²) in [5, 5.41) is 24.2. The third-order valence-electron chi connectivity index (χ3n) is 2.23. The molecule has 0 saturated heterocycles. The van der Waals surface area contributed by atoms with Gasteiger partial charge in [-0.25, -0.2) is 4.99 Å². The number of hydrogen-bond acceptors (Lipinski definition) is 5. The second kappa shape index (κ2) is 3.62. The first-order valence-corrected chi connectivity index (χ1v) is 4.91. The van der Waals surface area contributed by atoms with Crippen LogP contribution in [-0.4, -0.2) is 16.3 Å². The molecule has 0 aromatic carbocycles. The maximum absolute atomic E-state index is 10.8. The maximum atomic E-state index is 10.8. The quantitative estimate of drug-likeness (QED) is 0.425. The molecule has 0 amide bonds. The van der Waals surface area contributed by atoms with Crippen LogP contribution in [0.3, 0.4) is 0 Å². The predicted octanol–water partition coefficient (Wildman–Crippen LogP) is -0.239. The van der Waals surface area contributed by atoms with Crippen LogP contribution in [0.5, 0.6) is 0 Å². The van der Waals surface area contributed by atoms with Crippen molar-refractivity contribution in [2.24, 2.45) is 4.99 Å². The van der Waals surface area contributed by atoms with Crippen LogP contribution in [0.25, 0.3) is 0 Å². The Kier molecular flexibility index (Phi) is 2.44. The molecule has 1 aromatic heterocycles. The Morgan fingerprint density at radius 1 is 1.73 bits per heavy atom. The Labute approximate surface area is 86.8 Å². The molecule has 1 aliphatic rings. The normalized spacial score (nSPS) is 19.3. The molecule has 1 N–H and O–H groups in total. The van der Waals surface area contributed by atoms with E-state index in [9.17, 15) is 10.2 Å².